The average Bonchev–Trinajstić information content (AvgIpc) is 2.20. The highest BCUT2D eigenvalue weighted by Gasteiger charge is 2.00. The van der Waals surface area contributed by atoms with Crippen LogP contribution in [0.4, 0.5) is 0 Å². The van der Waals surface area contributed by atoms with Gasteiger partial charge >= 0.3 is 5.97 Å². The number of aliphatic hydroxyl groups excluding tert-OH is 3. The molecule has 0 aromatic heterocycles. The third kappa shape index (κ3) is 16.0. The van der Waals surface area contributed by atoms with Crippen LogP contribution in [0.25, 0.3) is 0 Å². The van der Waals surface area contributed by atoms with Gasteiger partial charge in [-0.05, 0) is 0 Å². The number of rotatable bonds is 7. The number of aliphatic carboxylic acids is 1. The molecule has 15 heavy (non-hydrogen) atoms. The van der Waals surface area contributed by atoms with Crippen LogP contribution in [0.3, 0.4) is 0 Å². The first kappa shape index (κ1) is 16.7. The van der Waals surface area contributed by atoms with E-state index in [9.17, 15) is 4.79 Å². The first-order chi connectivity index (χ1) is 7.12. The van der Waals surface area contributed by atoms with Crippen molar-refractivity contribution in [2.45, 2.75) is 13.3 Å². The van der Waals surface area contributed by atoms with Crippen molar-refractivity contribution in [3.8, 4) is 0 Å². The summed E-state index contributed by atoms with van der Waals surface area (Å²) in [6, 6.07) is 0. The standard InChI is InChI=1S/C6H15NO3.C3H6O2/c8-4-1-7(2-5-9)3-6-10;1-2-3(4)5/h8-10H,1-6H2;2H2,1H3,(H,4,5). The Kier molecular flexibility index (Phi) is 14.8. The highest BCUT2D eigenvalue weighted by molar-refractivity contribution is 5.66. The fourth-order valence-electron chi connectivity index (χ4n) is 0.760. The predicted octanol–water partition coefficient (Wildman–Crippen LogP) is -1.25. The zero-order chi connectivity index (χ0) is 12.1. The second kappa shape index (κ2) is 13.3. The van der Waals surface area contributed by atoms with E-state index in [1.165, 1.54) is 0 Å². The monoisotopic (exact) mass is 223 g/mol. The molecule has 0 saturated carbocycles. The minimum Gasteiger partial charge on any atom is -0.481 e. The Morgan fingerprint density at radius 1 is 1.00 bits per heavy atom. The molecule has 0 aromatic rings. The maximum atomic E-state index is 9.37. The van der Waals surface area contributed by atoms with Crippen LogP contribution in [0, 0.1) is 0 Å². The summed E-state index contributed by atoms with van der Waals surface area (Å²) in [6.07, 6.45) is 0.222. The number of hydrogen-bond donors (Lipinski definition) is 4. The highest BCUT2D eigenvalue weighted by Crippen LogP contribution is 1.84. The molecule has 6 nitrogen and oxygen atoms in total. The maximum absolute atomic E-state index is 9.37. The van der Waals surface area contributed by atoms with E-state index in [1.807, 2.05) is 0 Å². The van der Waals surface area contributed by atoms with Crippen molar-refractivity contribution in [3.63, 3.8) is 0 Å². The quantitative estimate of drug-likeness (QED) is 0.430. The molecule has 0 unspecified atom stereocenters. The normalized spacial score (nSPS) is 9.67. The van der Waals surface area contributed by atoms with Gasteiger partial charge in [-0.25, -0.2) is 0 Å². The number of carboxylic acids is 1. The van der Waals surface area contributed by atoms with Crippen molar-refractivity contribution in [2.75, 3.05) is 39.5 Å². The Balaban J connectivity index is 0. The number of carboxylic acid groups (broad SMARTS) is 1. The summed E-state index contributed by atoms with van der Waals surface area (Å²) in [5, 5.41) is 33.2. The molecule has 0 radical (unpaired) electrons. The number of nitrogens with zero attached hydrogens (tertiary/aromatic N) is 1. The Labute approximate surface area is 89.8 Å². The minimum atomic E-state index is -0.745. The minimum absolute atomic E-state index is 0.0694. The molecular weight excluding hydrogens is 202 g/mol. The van der Waals surface area contributed by atoms with Crippen molar-refractivity contribution in [1.29, 1.82) is 0 Å². The van der Waals surface area contributed by atoms with Gasteiger partial charge in [0.25, 0.3) is 0 Å². The molecule has 0 aromatic carbocycles. The van der Waals surface area contributed by atoms with Gasteiger partial charge in [-0.15, -0.1) is 0 Å². The summed E-state index contributed by atoms with van der Waals surface area (Å²) < 4.78 is 0. The molecule has 0 rings (SSSR count). The van der Waals surface area contributed by atoms with Crippen LogP contribution in [0.15, 0.2) is 0 Å². The zero-order valence-electron chi connectivity index (χ0n) is 9.09. The summed E-state index contributed by atoms with van der Waals surface area (Å²) >= 11 is 0. The van der Waals surface area contributed by atoms with Crippen LogP contribution in [-0.2, 0) is 4.79 Å². The Bertz CT molecular complexity index is 128. The second-order valence-corrected chi connectivity index (χ2v) is 2.76. The van der Waals surface area contributed by atoms with Gasteiger partial charge in [-0.3, -0.25) is 9.69 Å². The van der Waals surface area contributed by atoms with Crippen molar-refractivity contribution in [2.24, 2.45) is 0 Å². The molecule has 0 bridgehead atoms. The molecule has 0 atom stereocenters. The molecule has 6 heteroatoms. The van der Waals surface area contributed by atoms with Crippen LogP contribution in [-0.4, -0.2) is 70.8 Å². The maximum Gasteiger partial charge on any atom is 0.303 e. The number of hydrogen-bond acceptors (Lipinski definition) is 5. The lowest BCUT2D eigenvalue weighted by Crippen LogP contribution is -2.32. The molecule has 92 valence electrons. The summed E-state index contributed by atoms with van der Waals surface area (Å²) in [4.78, 5) is 11.2. The molecule has 4 N–H and O–H groups in total. The van der Waals surface area contributed by atoms with E-state index in [4.69, 9.17) is 20.4 Å². The van der Waals surface area contributed by atoms with Crippen molar-refractivity contribution < 1.29 is 25.2 Å². The Morgan fingerprint density at radius 3 is 1.40 bits per heavy atom. The van der Waals surface area contributed by atoms with Crippen molar-refractivity contribution in [1.82, 2.24) is 4.90 Å². The molecule has 0 aliphatic rings. The summed E-state index contributed by atoms with van der Waals surface area (Å²) in [6.45, 7) is 3.35. The Morgan fingerprint density at radius 2 is 1.27 bits per heavy atom. The van der Waals surface area contributed by atoms with Crippen molar-refractivity contribution >= 4 is 5.97 Å². The smallest absolute Gasteiger partial charge is 0.303 e. The van der Waals surface area contributed by atoms with E-state index < -0.39 is 5.97 Å². The van der Waals surface area contributed by atoms with E-state index in [-0.39, 0.29) is 26.2 Å². The highest BCUT2D eigenvalue weighted by atomic mass is 16.4. The largest absolute Gasteiger partial charge is 0.481 e. The Hall–Kier alpha value is -0.690. The first-order valence-electron chi connectivity index (χ1n) is 4.89. The zero-order valence-corrected chi connectivity index (χ0v) is 9.09. The number of carbonyl (C=O) groups is 1. The fraction of sp³-hybridized carbons (Fsp3) is 0.889. The van der Waals surface area contributed by atoms with Gasteiger partial charge in [0.2, 0.25) is 0 Å². The van der Waals surface area contributed by atoms with E-state index in [0.29, 0.717) is 19.6 Å². The molecule has 0 aliphatic heterocycles. The van der Waals surface area contributed by atoms with Gasteiger partial charge in [0.1, 0.15) is 0 Å². The van der Waals surface area contributed by atoms with Gasteiger partial charge in [0, 0.05) is 26.1 Å². The lowest BCUT2D eigenvalue weighted by Gasteiger charge is -2.17. The molecule has 0 fully saturated rings. The van der Waals surface area contributed by atoms with Crippen molar-refractivity contribution in [3.05, 3.63) is 0 Å². The van der Waals surface area contributed by atoms with Crippen LogP contribution in [0.2, 0.25) is 0 Å². The van der Waals surface area contributed by atoms with Gasteiger partial charge in [-0.2, -0.15) is 0 Å². The SMILES string of the molecule is CCC(=O)O.OCCN(CCO)CCO. The van der Waals surface area contributed by atoms with Gasteiger partial charge in [-0.1, -0.05) is 6.92 Å². The first-order valence-corrected chi connectivity index (χ1v) is 4.89. The third-order valence-corrected chi connectivity index (χ3v) is 1.55. The van der Waals surface area contributed by atoms with E-state index in [1.54, 1.807) is 11.8 Å². The van der Waals surface area contributed by atoms with Crippen LogP contribution < -0.4 is 0 Å². The topological polar surface area (TPSA) is 101 Å². The fourth-order valence-corrected chi connectivity index (χ4v) is 0.760. The molecule has 0 amide bonds. The van der Waals surface area contributed by atoms with Crippen LogP contribution in [0.5, 0.6) is 0 Å². The lowest BCUT2D eigenvalue weighted by atomic mass is 10.4. The summed E-state index contributed by atoms with van der Waals surface area (Å²) in [5.41, 5.74) is 0. The van der Waals surface area contributed by atoms with E-state index >= 15 is 0 Å². The van der Waals surface area contributed by atoms with Gasteiger partial charge in [0.05, 0.1) is 19.8 Å². The third-order valence-electron chi connectivity index (χ3n) is 1.55. The predicted molar refractivity (Wildman–Crippen MR) is 55.6 cm³/mol. The van der Waals surface area contributed by atoms with Crippen LogP contribution in [0.1, 0.15) is 13.3 Å². The molecule has 0 saturated heterocycles. The lowest BCUT2D eigenvalue weighted by molar-refractivity contribution is -0.136. The number of aliphatic hydroxyl groups is 3. The van der Waals surface area contributed by atoms with Gasteiger partial charge < -0.3 is 20.4 Å². The molecule has 0 spiro atoms. The summed E-state index contributed by atoms with van der Waals surface area (Å²) in [7, 11) is 0. The second-order valence-electron chi connectivity index (χ2n) is 2.76. The molecule has 0 heterocycles. The molecule has 0 aliphatic carbocycles. The van der Waals surface area contributed by atoms with Gasteiger partial charge in [0.15, 0.2) is 0 Å². The molecular formula is C9H21NO5. The average molecular weight is 223 g/mol. The summed E-state index contributed by atoms with van der Waals surface area (Å²) in [5.74, 6) is -0.745. The van der Waals surface area contributed by atoms with E-state index in [0.717, 1.165) is 0 Å². The van der Waals surface area contributed by atoms with E-state index in [2.05, 4.69) is 0 Å². The van der Waals surface area contributed by atoms with Crippen LogP contribution >= 0.6 is 0 Å².